The minimum absolute atomic E-state index is 0.157. The maximum atomic E-state index is 12.9. The van der Waals surface area contributed by atoms with E-state index in [0.717, 1.165) is 11.1 Å². The van der Waals surface area contributed by atoms with E-state index < -0.39 is 16.1 Å². The average molecular weight is 447 g/mol. The molecule has 0 bridgehead atoms. The van der Waals surface area contributed by atoms with Gasteiger partial charge in [0, 0.05) is 18.8 Å². The Kier molecular flexibility index (Phi) is 7.03. The fraction of sp³-hybridized carbons (Fsp3) is 0.435. The zero-order valence-corrected chi connectivity index (χ0v) is 19.4. The summed E-state index contributed by atoms with van der Waals surface area (Å²) < 4.78 is 38.8. The van der Waals surface area contributed by atoms with E-state index in [1.54, 1.807) is 19.1 Å². The minimum atomic E-state index is -3.62. The molecule has 3 rings (SSSR count). The van der Waals surface area contributed by atoms with E-state index in [4.69, 9.17) is 9.47 Å². The van der Waals surface area contributed by atoms with Crippen LogP contribution in [0.1, 0.15) is 31.9 Å². The van der Waals surface area contributed by atoms with Gasteiger partial charge in [0.05, 0.1) is 17.1 Å². The standard InChI is InChI=1S/C23H30N2O5S/c1-15-7-6-8-22(18(15)4)30-19(5)23(26)24-20-9-11-21(12-10-20)31(27,28)25-13-16(2)29-17(3)14-25/h6-12,16-17,19H,13-14H2,1-5H3,(H,24,26)/t16-,17-,19+/m0/s1. The molecule has 1 heterocycles. The molecule has 1 amide bonds. The van der Waals surface area contributed by atoms with Crippen LogP contribution in [-0.2, 0) is 19.6 Å². The third-order valence-corrected chi connectivity index (χ3v) is 7.22. The van der Waals surface area contributed by atoms with Gasteiger partial charge < -0.3 is 14.8 Å². The van der Waals surface area contributed by atoms with Gasteiger partial charge in [-0.1, -0.05) is 12.1 Å². The van der Waals surface area contributed by atoms with Crippen molar-refractivity contribution in [1.29, 1.82) is 0 Å². The largest absolute Gasteiger partial charge is 0.481 e. The predicted molar refractivity (Wildman–Crippen MR) is 120 cm³/mol. The average Bonchev–Trinajstić information content (AvgIpc) is 2.71. The maximum absolute atomic E-state index is 12.9. The molecule has 1 saturated heterocycles. The van der Waals surface area contributed by atoms with Crippen LogP contribution >= 0.6 is 0 Å². The van der Waals surface area contributed by atoms with Gasteiger partial charge >= 0.3 is 0 Å². The number of amides is 1. The molecule has 2 aromatic rings. The molecule has 1 aliphatic rings. The number of benzene rings is 2. The Morgan fingerprint density at radius 1 is 1.10 bits per heavy atom. The smallest absolute Gasteiger partial charge is 0.265 e. The van der Waals surface area contributed by atoms with Crippen molar-refractivity contribution in [2.75, 3.05) is 18.4 Å². The molecule has 0 aromatic heterocycles. The molecule has 1 aliphatic heterocycles. The lowest BCUT2D eigenvalue weighted by Gasteiger charge is -2.34. The molecule has 1 N–H and O–H groups in total. The van der Waals surface area contributed by atoms with E-state index in [9.17, 15) is 13.2 Å². The number of rotatable bonds is 6. The first-order valence-corrected chi connectivity index (χ1v) is 11.8. The van der Waals surface area contributed by atoms with Gasteiger partial charge in [-0.2, -0.15) is 4.31 Å². The van der Waals surface area contributed by atoms with Crippen LogP contribution in [0.25, 0.3) is 0 Å². The fourth-order valence-electron chi connectivity index (χ4n) is 3.53. The highest BCUT2D eigenvalue weighted by Crippen LogP contribution is 2.24. The lowest BCUT2D eigenvalue weighted by atomic mass is 10.1. The number of sulfonamides is 1. The molecule has 7 nitrogen and oxygen atoms in total. The molecule has 168 valence electrons. The van der Waals surface area contributed by atoms with Gasteiger partial charge in [-0.3, -0.25) is 4.79 Å². The van der Waals surface area contributed by atoms with Gasteiger partial charge in [-0.25, -0.2) is 8.42 Å². The fourth-order valence-corrected chi connectivity index (χ4v) is 5.12. The molecule has 31 heavy (non-hydrogen) atoms. The Hall–Kier alpha value is -2.42. The van der Waals surface area contributed by atoms with Gasteiger partial charge in [0.15, 0.2) is 6.10 Å². The molecule has 2 aromatic carbocycles. The predicted octanol–water partition coefficient (Wildman–Crippen LogP) is 3.51. The van der Waals surface area contributed by atoms with E-state index >= 15 is 0 Å². The molecule has 0 spiro atoms. The summed E-state index contributed by atoms with van der Waals surface area (Å²) in [7, 11) is -3.62. The Bertz CT molecular complexity index is 1030. The van der Waals surface area contributed by atoms with Gasteiger partial charge in [0.25, 0.3) is 5.91 Å². The van der Waals surface area contributed by atoms with Crippen molar-refractivity contribution in [1.82, 2.24) is 4.31 Å². The molecule has 3 atom stereocenters. The topological polar surface area (TPSA) is 84.9 Å². The zero-order valence-electron chi connectivity index (χ0n) is 18.6. The van der Waals surface area contributed by atoms with Crippen LogP contribution in [0.4, 0.5) is 5.69 Å². The molecule has 1 fully saturated rings. The molecule has 0 unspecified atom stereocenters. The van der Waals surface area contributed by atoms with E-state index in [-0.39, 0.29) is 23.0 Å². The Balaban J connectivity index is 1.66. The number of morpholine rings is 1. The SMILES string of the molecule is Cc1cccc(O[C@H](C)C(=O)Nc2ccc(S(=O)(=O)N3C[C@H](C)O[C@@H](C)C3)cc2)c1C. The van der Waals surface area contributed by atoms with Crippen molar-refractivity contribution in [3.8, 4) is 5.75 Å². The molecule has 0 aliphatic carbocycles. The lowest BCUT2D eigenvalue weighted by Crippen LogP contribution is -2.48. The van der Waals surface area contributed by atoms with Crippen LogP contribution in [0.5, 0.6) is 5.75 Å². The number of hydrogen-bond acceptors (Lipinski definition) is 5. The quantitative estimate of drug-likeness (QED) is 0.734. The van der Waals surface area contributed by atoms with Crippen LogP contribution in [-0.4, -0.2) is 50.0 Å². The summed E-state index contributed by atoms with van der Waals surface area (Å²) >= 11 is 0. The second-order valence-corrected chi connectivity index (χ2v) is 9.99. The number of carbonyl (C=O) groups is 1. The van der Waals surface area contributed by atoms with E-state index in [2.05, 4.69) is 5.32 Å². The second-order valence-electron chi connectivity index (χ2n) is 8.05. The summed E-state index contributed by atoms with van der Waals surface area (Å²) in [4.78, 5) is 12.7. The van der Waals surface area contributed by atoms with Crippen LogP contribution in [0.2, 0.25) is 0 Å². The third-order valence-electron chi connectivity index (χ3n) is 5.37. The van der Waals surface area contributed by atoms with E-state index in [1.165, 1.54) is 16.4 Å². The highest BCUT2D eigenvalue weighted by atomic mass is 32.2. The third kappa shape index (κ3) is 5.44. The Morgan fingerprint density at radius 2 is 1.71 bits per heavy atom. The number of carbonyl (C=O) groups excluding carboxylic acids is 1. The maximum Gasteiger partial charge on any atom is 0.265 e. The number of ether oxygens (including phenoxy) is 2. The molecule has 8 heteroatoms. The summed E-state index contributed by atoms with van der Waals surface area (Å²) in [5.41, 5.74) is 2.58. The lowest BCUT2D eigenvalue weighted by molar-refractivity contribution is -0.122. The van der Waals surface area contributed by atoms with Gasteiger partial charge in [0.2, 0.25) is 10.0 Å². The van der Waals surface area contributed by atoms with Crippen molar-refractivity contribution in [2.24, 2.45) is 0 Å². The van der Waals surface area contributed by atoms with E-state index in [0.29, 0.717) is 24.5 Å². The zero-order chi connectivity index (χ0) is 22.8. The number of anilines is 1. The molecule has 0 saturated carbocycles. The van der Waals surface area contributed by atoms with Crippen LogP contribution in [0, 0.1) is 13.8 Å². The van der Waals surface area contributed by atoms with Crippen molar-refractivity contribution >= 4 is 21.6 Å². The van der Waals surface area contributed by atoms with Crippen molar-refractivity contribution in [3.63, 3.8) is 0 Å². The molecule has 0 radical (unpaired) electrons. The number of nitrogens with zero attached hydrogens (tertiary/aromatic N) is 1. The first-order valence-electron chi connectivity index (χ1n) is 10.4. The monoisotopic (exact) mass is 446 g/mol. The molecular weight excluding hydrogens is 416 g/mol. The normalized spacial score (nSPS) is 20.8. The van der Waals surface area contributed by atoms with Crippen LogP contribution in [0.3, 0.4) is 0 Å². The number of aryl methyl sites for hydroxylation is 1. The minimum Gasteiger partial charge on any atom is -0.481 e. The summed E-state index contributed by atoms with van der Waals surface area (Å²) in [6, 6.07) is 11.9. The van der Waals surface area contributed by atoms with Crippen LogP contribution < -0.4 is 10.1 Å². The number of nitrogens with one attached hydrogen (secondary N) is 1. The van der Waals surface area contributed by atoms with E-state index in [1.807, 2.05) is 45.9 Å². The van der Waals surface area contributed by atoms with Gasteiger partial charge in [0.1, 0.15) is 5.75 Å². The highest BCUT2D eigenvalue weighted by molar-refractivity contribution is 7.89. The first-order chi connectivity index (χ1) is 14.6. The van der Waals surface area contributed by atoms with Gasteiger partial charge in [-0.15, -0.1) is 0 Å². The number of hydrogen-bond donors (Lipinski definition) is 1. The Morgan fingerprint density at radius 3 is 2.32 bits per heavy atom. The molecular formula is C23H30N2O5S. The van der Waals surface area contributed by atoms with Crippen molar-refractivity contribution in [3.05, 3.63) is 53.6 Å². The highest BCUT2D eigenvalue weighted by Gasteiger charge is 2.32. The summed E-state index contributed by atoms with van der Waals surface area (Å²) in [6.45, 7) is 9.97. The summed E-state index contributed by atoms with van der Waals surface area (Å²) in [5.74, 6) is 0.352. The second kappa shape index (κ2) is 9.38. The van der Waals surface area contributed by atoms with Crippen molar-refractivity contribution in [2.45, 2.75) is 57.8 Å². The first kappa shape index (κ1) is 23.2. The van der Waals surface area contributed by atoms with Crippen molar-refractivity contribution < 1.29 is 22.7 Å². The summed E-state index contributed by atoms with van der Waals surface area (Å²) in [6.07, 6.45) is -1.02. The van der Waals surface area contributed by atoms with Crippen LogP contribution in [0.15, 0.2) is 47.4 Å². The summed E-state index contributed by atoms with van der Waals surface area (Å²) in [5, 5.41) is 2.78. The van der Waals surface area contributed by atoms with Gasteiger partial charge in [-0.05, 0) is 76.1 Å². The Labute approximate surface area is 184 Å².